The summed E-state index contributed by atoms with van der Waals surface area (Å²) < 4.78 is 5.10. The Bertz CT molecular complexity index is 528. The minimum Gasteiger partial charge on any atom is -0.504 e. The van der Waals surface area contributed by atoms with Crippen molar-refractivity contribution in [1.29, 1.82) is 0 Å². The van der Waals surface area contributed by atoms with Gasteiger partial charge in [0.25, 0.3) is 0 Å². The van der Waals surface area contributed by atoms with Crippen LogP contribution in [0.3, 0.4) is 0 Å². The van der Waals surface area contributed by atoms with Crippen LogP contribution in [-0.2, 0) is 11.3 Å². The number of ketones is 1. The van der Waals surface area contributed by atoms with E-state index in [9.17, 15) is 15.0 Å². The molecule has 19 heavy (non-hydrogen) atoms. The smallest absolute Gasteiger partial charge is 0.162 e. The van der Waals surface area contributed by atoms with Crippen LogP contribution in [0.4, 0.5) is 0 Å². The lowest BCUT2D eigenvalue weighted by atomic mass is 9.85. The van der Waals surface area contributed by atoms with E-state index < -0.39 is 6.10 Å². The maximum Gasteiger partial charge on any atom is 0.162 e. The predicted octanol–water partition coefficient (Wildman–Crippen LogP) is 0.981. The number of aromatic hydroxyl groups is 1. The SMILES string of the molecule is COc1ccc2c(c1O)CN1CCC(=O)C[C@@H]1[C@H]2O. The Morgan fingerprint density at radius 1 is 1.42 bits per heavy atom. The van der Waals surface area contributed by atoms with E-state index in [1.165, 1.54) is 7.11 Å². The molecule has 1 aromatic carbocycles. The molecule has 1 aromatic rings. The van der Waals surface area contributed by atoms with Gasteiger partial charge in [-0.05, 0) is 11.6 Å². The van der Waals surface area contributed by atoms with E-state index in [0.29, 0.717) is 42.8 Å². The number of piperidine rings is 1. The summed E-state index contributed by atoms with van der Waals surface area (Å²) in [5.74, 6) is 0.702. The maximum absolute atomic E-state index is 11.5. The second-order valence-electron chi connectivity index (χ2n) is 5.16. The summed E-state index contributed by atoms with van der Waals surface area (Å²) in [6.45, 7) is 1.18. The number of fused-ring (bicyclic) bond motifs is 2. The zero-order valence-corrected chi connectivity index (χ0v) is 10.8. The van der Waals surface area contributed by atoms with E-state index >= 15 is 0 Å². The second kappa shape index (κ2) is 4.51. The van der Waals surface area contributed by atoms with Gasteiger partial charge in [-0.2, -0.15) is 0 Å². The van der Waals surface area contributed by atoms with Gasteiger partial charge in [-0.25, -0.2) is 0 Å². The Hall–Kier alpha value is -1.59. The van der Waals surface area contributed by atoms with Crippen molar-refractivity contribution in [2.75, 3.05) is 13.7 Å². The number of nitrogens with zero attached hydrogens (tertiary/aromatic N) is 1. The maximum atomic E-state index is 11.5. The van der Waals surface area contributed by atoms with E-state index in [0.717, 1.165) is 0 Å². The molecule has 0 unspecified atom stereocenters. The number of hydrogen-bond acceptors (Lipinski definition) is 5. The molecule has 1 fully saturated rings. The van der Waals surface area contributed by atoms with Gasteiger partial charge in [0, 0.05) is 37.5 Å². The second-order valence-corrected chi connectivity index (χ2v) is 5.16. The van der Waals surface area contributed by atoms with Crippen molar-refractivity contribution >= 4 is 5.78 Å². The Morgan fingerprint density at radius 3 is 2.95 bits per heavy atom. The molecule has 5 nitrogen and oxygen atoms in total. The quantitative estimate of drug-likeness (QED) is 0.790. The number of phenolic OH excluding ortho intramolecular Hbond substituents is 1. The molecule has 0 saturated carbocycles. The molecule has 0 spiro atoms. The van der Waals surface area contributed by atoms with Crippen LogP contribution in [0, 0.1) is 0 Å². The van der Waals surface area contributed by atoms with Crippen molar-refractivity contribution in [2.24, 2.45) is 0 Å². The lowest BCUT2D eigenvalue weighted by molar-refractivity contribution is -0.126. The van der Waals surface area contributed by atoms with E-state index in [4.69, 9.17) is 4.74 Å². The summed E-state index contributed by atoms with van der Waals surface area (Å²) in [6, 6.07) is 3.26. The van der Waals surface area contributed by atoms with E-state index in [1.807, 2.05) is 0 Å². The third-order valence-electron chi connectivity index (χ3n) is 4.13. The highest BCUT2D eigenvalue weighted by molar-refractivity contribution is 5.80. The topological polar surface area (TPSA) is 70.0 Å². The first-order valence-corrected chi connectivity index (χ1v) is 6.44. The Kier molecular flexibility index (Phi) is 2.95. The fraction of sp³-hybridized carbons (Fsp3) is 0.500. The molecular formula is C14H17NO4. The molecule has 2 atom stereocenters. The summed E-state index contributed by atoms with van der Waals surface area (Å²) in [5, 5.41) is 20.6. The molecular weight excluding hydrogens is 246 g/mol. The van der Waals surface area contributed by atoms with Crippen molar-refractivity contribution in [1.82, 2.24) is 4.90 Å². The molecule has 0 aromatic heterocycles. The standard InChI is InChI=1S/C14H17NO4/c1-19-12-3-2-9-10(14(12)18)7-15-5-4-8(16)6-11(15)13(9)17/h2-3,11,13,17-18H,4-7H2,1H3/t11-,13+/m1/s1. The molecule has 3 rings (SSSR count). The molecule has 5 heteroatoms. The summed E-state index contributed by atoms with van der Waals surface area (Å²) in [5.41, 5.74) is 1.41. The van der Waals surface area contributed by atoms with Gasteiger partial charge in [-0.3, -0.25) is 9.69 Å². The van der Waals surface area contributed by atoms with Crippen LogP contribution < -0.4 is 4.74 Å². The van der Waals surface area contributed by atoms with E-state index in [1.54, 1.807) is 12.1 Å². The van der Waals surface area contributed by atoms with Crippen LogP contribution in [0.15, 0.2) is 12.1 Å². The fourth-order valence-electron chi connectivity index (χ4n) is 3.05. The molecule has 1 saturated heterocycles. The summed E-state index contributed by atoms with van der Waals surface area (Å²) in [4.78, 5) is 13.6. The molecule has 102 valence electrons. The minimum atomic E-state index is -0.732. The largest absolute Gasteiger partial charge is 0.504 e. The predicted molar refractivity (Wildman–Crippen MR) is 68.1 cm³/mol. The third-order valence-corrected chi connectivity index (χ3v) is 4.13. The van der Waals surface area contributed by atoms with Crippen LogP contribution >= 0.6 is 0 Å². The van der Waals surface area contributed by atoms with Gasteiger partial charge in [-0.1, -0.05) is 6.07 Å². The molecule has 0 amide bonds. The number of aliphatic hydroxyl groups excluding tert-OH is 1. The molecule has 0 bridgehead atoms. The van der Waals surface area contributed by atoms with Crippen molar-refractivity contribution in [2.45, 2.75) is 31.5 Å². The van der Waals surface area contributed by atoms with Gasteiger partial charge < -0.3 is 14.9 Å². The zero-order valence-electron chi connectivity index (χ0n) is 10.8. The summed E-state index contributed by atoms with van der Waals surface area (Å²) >= 11 is 0. The number of carbonyl (C=O) groups is 1. The van der Waals surface area contributed by atoms with Gasteiger partial charge in [0.1, 0.15) is 5.78 Å². The van der Waals surface area contributed by atoms with Crippen LogP contribution in [0.1, 0.15) is 30.1 Å². The molecule has 2 aliphatic rings. The van der Waals surface area contributed by atoms with Crippen molar-refractivity contribution < 1.29 is 19.7 Å². The van der Waals surface area contributed by atoms with Gasteiger partial charge in [0.15, 0.2) is 11.5 Å². The van der Waals surface area contributed by atoms with Gasteiger partial charge in [0.05, 0.1) is 13.2 Å². The normalized spacial score (nSPS) is 26.7. The number of ether oxygens (including phenoxy) is 1. The minimum absolute atomic E-state index is 0.0920. The highest BCUT2D eigenvalue weighted by Gasteiger charge is 2.39. The van der Waals surface area contributed by atoms with Crippen LogP contribution in [0.5, 0.6) is 11.5 Å². The van der Waals surface area contributed by atoms with Crippen LogP contribution in [0.25, 0.3) is 0 Å². The fourth-order valence-corrected chi connectivity index (χ4v) is 3.05. The number of carbonyl (C=O) groups excluding carboxylic acids is 1. The highest BCUT2D eigenvalue weighted by Crippen LogP contribution is 2.42. The Labute approximate surface area is 111 Å². The van der Waals surface area contributed by atoms with Gasteiger partial charge in [0.2, 0.25) is 0 Å². The monoisotopic (exact) mass is 263 g/mol. The highest BCUT2D eigenvalue weighted by atomic mass is 16.5. The molecule has 2 N–H and O–H groups in total. The van der Waals surface area contributed by atoms with Crippen LogP contribution in [0.2, 0.25) is 0 Å². The molecule has 2 heterocycles. The summed E-state index contributed by atoms with van der Waals surface area (Å²) in [7, 11) is 1.50. The van der Waals surface area contributed by atoms with Gasteiger partial charge >= 0.3 is 0 Å². The number of aliphatic hydroxyl groups is 1. The number of methoxy groups -OCH3 is 1. The number of benzene rings is 1. The van der Waals surface area contributed by atoms with E-state index in [-0.39, 0.29) is 17.6 Å². The third kappa shape index (κ3) is 1.89. The van der Waals surface area contributed by atoms with Crippen molar-refractivity contribution in [3.05, 3.63) is 23.3 Å². The first-order valence-electron chi connectivity index (χ1n) is 6.44. The first-order chi connectivity index (χ1) is 9.11. The number of phenols is 1. The van der Waals surface area contributed by atoms with Crippen molar-refractivity contribution in [3.63, 3.8) is 0 Å². The zero-order chi connectivity index (χ0) is 13.6. The van der Waals surface area contributed by atoms with E-state index in [2.05, 4.69) is 4.90 Å². The average Bonchev–Trinajstić information content (AvgIpc) is 2.41. The number of Topliss-reactive ketones (excluding diaryl/α,β-unsaturated/α-hetero) is 1. The van der Waals surface area contributed by atoms with Gasteiger partial charge in [-0.15, -0.1) is 0 Å². The molecule has 2 aliphatic heterocycles. The Balaban J connectivity index is 2.03. The Morgan fingerprint density at radius 2 is 2.21 bits per heavy atom. The van der Waals surface area contributed by atoms with Crippen LogP contribution in [-0.4, -0.2) is 40.6 Å². The molecule has 0 radical (unpaired) electrons. The average molecular weight is 263 g/mol. The lowest BCUT2D eigenvalue weighted by Gasteiger charge is -2.42. The van der Waals surface area contributed by atoms with Crippen molar-refractivity contribution in [3.8, 4) is 11.5 Å². The summed E-state index contributed by atoms with van der Waals surface area (Å²) in [6.07, 6.45) is 0.168. The molecule has 0 aliphatic carbocycles. The lowest BCUT2D eigenvalue weighted by Crippen LogP contribution is -2.48. The number of hydrogen-bond donors (Lipinski definition) is 2. The number of rotatable bonds is 1. The first kappa shape index (κ1) is 12.4.